The second kappa shape index (κ2) is 6.34. The Hall–Kier alpha value is -0.870. The molecule has 4 heteroatoms. The van der Waals surface area contributed by atoms with Gasteiger partial charge in [0.05, 0.1) is 6.20 Å². The minimum absolute atomic E-state index is 0.550. The summed E-state index contributed by atoms with van der Waals surface area (Å²) in [6.45, 7) is 8.30. The van der Waals surface area contributed by atoms with E-state index in [2.05, 4.69) is 30.0 Å². The van der Waals surface area contributed by atoms with E-state index in [1.165, 1.54) is 31.4 Å². The number of piperidine rings is 1. The molecule has 1 aliphatic rings. The monoisotopic (exact) mass is 250 g/mol. The van der Waals surface area contributed by atoms with Crippen molar-refractivity contribution in [2.75, 3.05) is 13.1 Å². The molecular formula is C14H26N4. The van der Waals surface area contributed by atoms with Gasteiger partial charge < -0.3 is 5.73 Å². The van der Waals surface area contributed by atoms with Gasteiger partial charge in [-0.15, -0.1) is 0 Å². The average Bonchev–Trinajstić information content (AvgIpc) is 2.87. The highest BCUT2D eigenvalue weighted by Gasteiger charge is 2.26. The number of nitrogens with zero attached hydrogens (tertiary/aromatic N) is 3. The van der Waals surface area contributed by atoms with Crippen LogP contribution in [0.3, 0.4) is 0 Å². The van der Waals surface area contributed by atoms with Crippen LogP contribution >= 0.6 is 0 Å². The molecule has 18 heavy (non-hydrogen) atoms. The Kier molecular flexibility index (Phi) is 4.78. The van der Waals surface area contributed by atoms with Crippen molar-refractivity contribution in [2.45, 2.75) is 52.2 Å². The molecule has 1 fully saturated rings. The molecule has 1 aromatic rings. The van der Waals surface area contributed by atoms with Gasteiger partial charge in [0, 0.05) is 37.4 Å². The normalized spacial score (nSPS) is 25.5. The first-order valence-electron chi connectivity index (χ1n) is 7.22. The Balaban J connectivity index is 1.95. The lowest BCUT2D eigenvalue weighted by atomic mass is 9.89. The largest absolute Gasteiger partial charge is 0.329 e. The van der Waals surface area contributed by atoms with Crippen molar-refractivity contribution in [1.29, 1.82) is 0 Å². The van der Waals surface area contributed by atoms with Gasteiger partial charge in [0.15, 0.2) is 0 Å². The van der Waals surface area contributed by atoms with Gasteiger partial charge in [-0.1, -0.05) is 13.3 Å². The van der Waals surface area contributed by atoms with E-state index in [0.717, 1.165) is 25.6 Å². The van der Waals surface area contributed by atoms with Crippen LogP contribution in [0.5, 0.6) is 0 Å². The predicted molar refractivity (Wildman–Crippen MR) is 74.2 cm³/mol. The fourth-order valence-electron chi connectivity index (χ4n) is 2.90. The first-order chi connectivity index (χ1) is 8.76. The van der Waals surface area contributed by atoms with Crippen LogP contribution in [0.1, 0.15) is 38.7 Å². The van der Waals surface area contributed by atoms with Crippen molar-refractivity contribution in [2.24, 2.45) is 11.7 Å². The van der Waals surface area contributed by atoms with Crippen LogP contribution in [0.4, 0.5) is 0 Å². The third kappa shape index (κ3) is 3.12. The SMILES string of the molecule is CCC1CCN(Cc2cnn(CC)c2)C(CN)C1. The van der Waals surface area contributed by atoms with Crippen molar-refractivity contribution < 1.29 is 0 Å². The summed E-state index contributed by atoms with van der Waals surface area (Å²) in [5.74, 6) is 0.869. The van der Waals surface area contributed by atoms with Crippen molar-refractivity contribution in [1.82, 2.24) is 14.7 Å². The topological polar surface area (TPSA) is 47.1 Å². The Morgan fingerprint density at radius 3 is 2.89 bits per heavy atom. The molecule has 2 heterocycles. The number of nitrogens with two attached hydrogens (primary N) is 1. The van der Waals surface area contributed by atoms with Gasteiger partial charge in [-0.05, 0) is 32.2 Å². The minimum atomic E-state index is 0.550. The highest BCUT2D eigenvalue weighted by molar-refractivity contribution is 5.04. The zero-order valence-corrected chi connectivity index (χ0v) is 11.7. The van der Waals surface area contributed by atoms with Crippen molar-refractivity contribution in [3.63, 3.8) is 0 Å². The molecule has 0 saturated carbocycles. The number of aryl methyl sites for hydroxylation is 1. The molecule has 0 aromatic carbocycles. The molecule has 2 atom stereocenters. The Morgan fingerprint density at radius 2 is 2.28 bits per heavy atom. The van der Waals surface area contributed by atoms with Crippen LogP contribution in [0.15, 0.2) is 12.4 Å². The first kappa shape index (κ1) is 13.6. The van der Waals surface area contributed by atoms with Crippen LogP contribution in [0.2, 0.25) is 0 Å². The van der Waals surface area contributed by atoms with E-state index in [0.29, 0.717) is 6.04 Å². The van der Waals surface area contributed by atoms with Gasteiger partial charge in [-0.3, -0.25) is 9.58 Å². The van der Waals surface area contributed by atoms with Crippen molar-refractivity contribution >= 4 is 0 Å². The molecule has 2 N–H and O–H groups in total. The van der Waals surface area contributed by atoms with Crippen LogP contribution in [-0.4, -0.2) is 33.8 Å². The van der Waals surface area contributed by atoms with Crippen molar-refractivity contribution in [3.8, 4) is 0 Å². The zero-order chi connectivity index (χ0) is 13.0. The van der Waals surface area contributed by atoms with E-state index in [9.17, 15) is 0 Å². The van der Waals surface area contributed by atoms with Gasteiger partial charge in [-0.25, -0.2) is 0 Å². The van der Waals surface area contributed by atoms with E-state index in [1.807, 2.05) is 10.9 Å². The third-order valence-electron chi connectivity index (χ3n) is 4.19. The molecule has 0 radical (unpaired) electrons. The molecule has 102 valence electrons. The Bertz CT molecular complexity index is 360. The number of aromatic nitrogens is 2. The number of rotatable bonds is 5. The number of likely N-dealkylation sites (tertiary alicyclic amines) is 1. The maximum atomic E-state index is 5.93. The fourth-order valence-corrected chi connectivity index (χ4v) is 2.90. The quantitative estimate of drug-likeness (QED) is 0.867. The van der Waals surface area contributed by atoms with Gasteiger partial charge in [0.1, 0.15) is 0 Å². The van der Waals surface area contributed by atoms with Crippen LogP contribution in [0, 0.1) is 5.92 Å². The van der Waals surface area contributed by atoms with Crippen LogP contribution in [-0.2, 0) is 13.1 Å². The molecule has 0 aliphatic carbocycles. The highest BCUT2D eigenvalue weighted by atomic mass is 15.3. The first-order valence-corrected chi connectivity index (χ1v) is 7.22. The van der Waals surface area contributed by atoms with Gasteiger partial charge >= 0.3 is 0 Å². The molecule has 0 amide bonds. The summed E-state index contributed by atoms with van der Waals surface area (Å²) in [6.07, 6.45) is 8.00. The molecule has 1 aromatic heterocycles. The summed E-state index contributed by atoms with van der Waals surface area (Å²) in [5.41, 5.74) is 7.24. The number of hydrogen-bond donors (Lipinski definition) is 1. The molecule has 2 unspecified atom stereocenters. The van der Waals surface area contributed by atoms with Crippen molar-refractivity contribution in [3.05, 3.63) is 18.0 Å². The maximum Gasteiger partial charge on any atom is 0.0534 e. The molecule has 0 bridgehead atoms. The lowest BCUT2D eigenvalue weighted by molar-refractivity contribution is 0.107. The lowest BCUT2D eigenvalue weighted by Crippen LogP contribution is -2.45. The zero-order valence-electron chi connectivity index (χ0n) is 11.7. The number of hydrogen-bond acceptors (Lipinski definition) is 3. The summed E-state index contributed by atoms with van der Waals surface area (Å²) >= 11 is 0. The van der Waals surface area contributed by atoms with E-state index in [4.69, 9.17) is 5.73 Å². The van der Waals surface area contributed by atoms with Crippen LogP contribution < -0.4 is 5.73 Å². The molecule has 0 spiro atoms. The van der Waals surface area contributed by atoms with Gasteiger partial charge in [0.2, 0.25) is 0 Å². The Morgan fingerprint density at radius 1 is 1.44 bits per heavy atom. The summed E-state index contributed by atoms with van der Waals surface area (Å²) in [6, 6.07) is 0.550. The molecule has 1 aliphatic heterocycles. The van der Waals surface area contributed by atoms with E-state index in [1.54, 1.807) is 0 Å². The third-order valence-corrected chi connectivity index (χ3v) is 4.19. The second-order valence-electron chi connectivity index (χ2n) is 5.36. The predicted octanol–water partition coefficient (Wildman–Crippen LogP) is 1.85. The molecule has 4 nitrogen and oxygen atoms in total. The summed E-state index contributed by atoms with van der Waals surface area (Å²) in [4.78, 5) is 2.53. The van der Waals surface area contributed by atoms with E-state index < -0.39 is 0 Å². The average molecular weight is 250 g/mol. The van der Waals surface area contributed by atoms with Crippen LogP contribution in [0.25, 0.3) is 0 Å². The summed E-state index contributed by atoms with van der Waals surface area (Å²) < 4.78 is 1.99. The fraction of sp³-hybridized carbons (Fsp3) is 0.786. The van der Waals surface area contributed by atoms with Gasteiger partial charge in [0.25, 0.3) is 0 Å². The summed E-state index contributed by atoms with van der Waals surface area (Å²) in [7, 11) is 0. The molecular weight excluding hydrogens is 224 g/mol. The maximum absolute atomic E-state index is 5.93. The highest BCUT2D eigenvalue weighted by Crippen LogP contribution is 2.26. The second-order valence-corrected chi connectivity index (χ2v) is 5.36. The summed E-state index contributed by atoms with van der Waals surface area (Å²) in [5, 5.41) is 4.34. The standard InChI is InChI=1S/C14H26N4/c1-3-12-5-6-17(14(7-12)8-15)10-13-9-16-18(4-2)11-13/h9,11-12,14H,3-8,10,15H2,1-2H3. The minimum Gasteiger partial charge on any atom is -0.329 e. The Labute approximate surface area is 110 Å². The molecule has 1 saturated heterocycles. The van der Waals surface area contributed by atoms with E-state index >= 15 is 0 Å². The van der Waals surface area contributed by atoms with Gasteiger partial charge in [-0.2, -0.15) is 5.10 Å². The smallest absolute Gasteiger partial charge is 0.0534 e. The lowest BCUT2D eigenvalue weighted by Gasteiger charge is -2.38. The van der Waals surface area contributed by atoms with E-state index in [-0.39, 0.29) is 0 Å². The molecule has 2 rings (SSSR count).